The number of carbonyl (C=O) groups excluding carboxylic acids is 1. The number of rotatable bonds is 4. The maximum Gasteiger partial charge on any atom is 0.323 e. The van der Waals surface area contributed by atoms with Crippen LogP contribution in [-0.2, 0) is 6.54 Å². The molecule has 0 atom stereocenters. The van der Waals surface area contributed by atoms with Crippen molar-refractivity contribution in [3.05, 3.63) is 76.2 Å². The van der Waals surface area contributed by atoms with Gasteiger partial charge in [-0.05, 0) is 29.8 Å². The lowest BCUT2D eigenvalue weighted by Crippen LogP contribution is -2.22. The quantitative estimate of drug-likeness (QED) is 0.525. The Balaban J connectivity index is 1.48. The number of benzene rings is 2. The van der Waals surface area contributed by atoms with Gasteiger partial charge < -0.3 is 19.8 Å². The zero-order valence-corrected chi connectivity index (χ0v) is 13.4. The second kappa shape index (κ2) is 6.32. The standard InChI is InChI=1S/C18H13FN4O3/c19-12-4-2-1-3-11(12)14-8-16(26-23-14)17(24)20-9-10-5-6-13-15(7-10)22-18(25)21-13/h1-8H,9H2,(H,20,24)(H2,21,22,25). The molecule has 3 N–H and O–H groups in total. The molecule has 0 saturated heterocycles. The molecule has 0 unspecified atom stereocenters. The molecule has 0 spiro atoms. The van der Waals surface area contributed by atoms with Gasteiger partial charge in [0.1, 0.15) is 11.5 Å². The fourth-order valence-corrected chi connectivity index (χ4v) is 2.64. The number of nitrogens with zero attached hydrogens (tertiary/aromatic N) is 1. The number of amides is 1. The normalized spacial score (nSPS) is 11.0. The summed E-state index contributed by atoms with van der Waals surface area (Å²) in [5.74, 6) is -0.927. The van der Waals surface area contributed by atoms with Gasteiger partial charge >= 0.3 is 5.69 Å². The van der Waals surface area contributed by atoms with E-state index in [1.165, 1.54) is 12.1 Å². The maximum absolute atomic E-state index is 13.8. The zero-order valence-electron chi connectivity index (χ0n) is 13.4. The molecule has 0 aliphatic carbocycles. The van der Waals surface area contributed by atoms with Crippen molar-refractivity contribution in [3.8, 4) is 11.3 Å². The van der Waals surface area contributed by atoms with Crippen molar-refractivity contribution in [2.45, 2.75) is 6.54 Å². The fraction of sp³-hybridized carbons (Fsp3) is 0.0556. The van der Waals surface area contributed by atoms with E-state index < -0.39 is 11.7 Å². The van der Waals surface area contributed by atoms with Gasteiger partial charge in [-0.15, -0.1) is 0 Å². The minimum atomic E-state index is -0.470. The lowest BCUT2D eigenvalue weighted by atomic mass is 10.1. The second-order valence-electron chi connectivity index (χ2n) is 5.70. The van der Waals surface area contributed by atoms with Crippen LogP contribution in [0.2, 0.25) is 0 Å². The number of imidazole rings is 1. The number of aromatic amines is 2. The van der Waals surface area contributed by atoms with Gasteiger partial charge in [0, 0.05) is 18.2 Å². The van der Waals surface area contributed by atoms with Gasteiger partial charge in [-0.25, -0.2) is 9.18 Å². The Kier molecular flexibility index (Phi) is 3.85. The molecular formula is C18H13FN4O3. The lowest BCUT2D eigenvalue weighted by Gasteiger charge is -2.03. The molecule has 26 heavy (non-hydrogen) atoms. The van der Waals surface area contributed by atoms with Crippen LogP contribution in [0.15, 0.2) is 57.8 Å². The Labute approximate surface area is 145 Å². The number of aromatic nitrogens is 3. The van der Waals surface area contributed by atoms with E-state index in [-0.39, 0.29) is 29.3 Å². The highest BCUT2D eigenvalue weighted by Crippen LogP contribution is 2.22. The molecule has 0 aliphatic heterocycles. The van der Waals surface area contributed by atoms with E-state index in [0.717, 1.165) is 5.56 Å². The van der Waals surface area contributed by atoms with Crippen molar-refractivity contribution in [3.63, 3.8) is 0 Å². The van der Waals surface area contributed by atoms with E-state index in [1.54, 1.807) is 36.4 Å². The first kappa shape index (κ1) is 15.8. The van der Waals surface area contributed by atoms with Crippen LogP contribution >= 0.6 is 0 Å². The van der Waals surface area contributed by atoms with Gasteiger partial charge in [-0.1, -0.05) is 23.4 Å². The minimum Gasteiger partial charge on any atom is -0.350 e. The van der Waals surface area contributed by atoms with Crippen LogP contribution in [0, 0.1) is 5.82 Å². The van der Waals surface area contributed by atoms with E-state index in [2.05, 4.69) is 20.4 Å². The van der Waals surface area contributed by atoms with E-state index in [4.69, 9.17) is 4.52 Å². The van der Waals surface area contributed by atoms with Gasteiger partial charge in [0.15, 0.2) is 0 Å². The van der Waals surface area contributed by atoms with Crippen molar-refractivity contribution < 1.29 is 13.7 Å². The molecule has 0 bridgehead atoms. The molecule has 1 amide bonds. The Morgan fingerprint density at radius 1 is 1.12 bits per heavy atom. The molecular weight excluding hydrogens is 339 g/mol. The summed E-state index contributed by atoms with van der Waals surface area (Å²) in [6.45, 7) is 0.234. The number of fused-ring (bicyclic) bond motifs is 1. The largest absolute Gasteiger partial charge is 0.350 e. The highest BCUT2D eigenvalue weighted by molar-refractivity contribution is 5.92. The number of halogens is 1. The molecule has 4 rings (SSSR count). The molecule has 2 heterocycles. The average Bonchev–Trinajstić information content (AvgIpc) is 3.25. The number of hydrogen-bond donors (Lipinski definition) is 3. The number of H-pyrrole nitrogens is 2. The van der Waals surface area contributed by atoms with Crippen molar-refractivity contribution >= 4 is 16.9 Å². The minimum absolute atomic E-state index is 0.0145. The Bertz CT molecular complexity index is 1160. The fourth-order valence-electron chi connectivity index (χ4n) is 2.64. The van der Waals surface area contributed by atoms with Crippen LogP contribution in [0.5, 0.6) is 0 Å². The molecule has 7 nitrogen and oxygen atoms in total. The first-order valence-corrected chi connectivity index (χ1v) is 7.81. The topological polar surface area (TPSA) is 104 Å². The molecule has 2 aromatic carbocycles. The van der Waals surface area contributed by atoms with E-state index in [9.17, 15) is 14.0 Å². The van der Waals surface area contributed by atoms with E-state index >= 15 is 0 Å². The lowest BCUT2D eigenvalue weighted by molar-refractivity contribution is 0.0914. The molecule has 8 heteroatoms. The van der Waals surface area contributed by atoms with Gasteiger partial charge in [0.25, 0.3) is 5.91 Å². The average molecular weight is 352 g/mol. The highest BCUT2D eigenvalue weighted by Gasteiger charge is 2.15. The van der Waals surface area contributed by atoms with Crippen molar-refractivity contribution in [2.75, 3.05) is 0 Å². The third-order valence-electron chi connectivity index (χ3n) is 3.92. The van der Waals surface area contributed by atoms with Gasteiger partial charge in [-0.3, -0.25) is 4.79 Å². The Morgan fingerprint density at radius 3 is 2.77 bits per heavy atom. The molecule has 4 aromatic rings. The number of carbonyl (C=O) groups is 1. The molecule has 2 aromatic heterocycles. The summed E-state index contributed by atoms with van der Waals surface area (Å²) in [4.78, 5) is 28.8. The number of hydrogen-bond acceptors (Lipinski definition) is 4. The summed E-state index contributed by atoms with van der Waals surface area (Å²) in [5, 5.41) is 6.44. The van der Waals surface area contributed by atoms with Crippen LogP contribution in [-0.4, -0.2) is 21.0 Å². The Hall–Kier alpha value is -3.68. The smallest absolute Gasteiger partial charge is 0.323 e. The number of nitrogens with one attached hydrogen (secondary N) is 3. The first-order valence-electron chi connectivity index (χ1n) is 7.81. The van der Waals surface area contributed by atoms with Crippen LogP contribution in [0.25, 0.3) is 22.3 Å². The first-order chi connectivity index (χ1) is 12.6. The summed E-state index contributed by atoms with van der Waals surface area (Å²) in [5.41, 5.74) is 2.37. The van der Waals surface area contributed by atoms with Gasteiger partial charge in [0.05, 0.1) is 11.0 Å². The third-order valence-corrected chi connectivity index (χ3v) is 3.92. The summed E-state index contributed by atoms with van der Waals surface area (Å²) >= 11 is 0. The van der Waals surface area contributed by atoms with Crippen LogP contribution in [0.4, 0.5) is 4.39 Å². The third kappa shape index (κ3) is 3.00. The molecule has 130 valence electrons. The highest BCUT2D eigenvalue weighted by atomic mass is 19.1. The molecule has 0 fully saturated rings. The monoisotopic (exact) mass is 352 g/mol. The van der Waals surface area contributed by atoms with Gasteiger partial charge in [0.2, 0.25) is 5.76 Å². The summed E-state index contributed by atoms with van der Waals surface area (Å²) in [6, 6.07) is 12.8. The summed E-state index contributed by atoms with van der Waals surface area (Å²) < 4.78 is 18.8. The van der Waals surface area contributed by atoms with E-state index in [1.807, 2.05) is 0 Å². The SMILES string of the molecule is O=C(NCc1ccc2[nH]c(=O)[nH]c2c1)c1cc(-c2ccccc2F)no1. The second-order valence-corrected chi connectivity index (χ2v) is 5.70. The van der Waals surface area contributed by atoms with E-state index in [0.29, 0.717) is 11.0 Å². The molecule has 0 aliphatic rings. The van der Waals surface area contributed by atoms with Gasteiger partial charge in [-0.2, -0.15) is 0 Å². The van der Waals surface area contributed by atoms with Crippen LogP contribution < -0.4 is 11.0 Å². The predicted molar refractivity (Wildman–Crippen MR) is 92.0 cm³/mol. The summed E-state index contributed by atoms with van der Waals surface area (Å²) in [7, 11) is 0. The Morgan fingerprint density at radius 2 is 1.92 bits per heavy atom. The van der Waals surface area contributed by atoms with Crippen LogP contribution in [0.3, 0.4) is 0 Å². The molecule has 0 saturated carbocycles. The van der Waals surface area contributed by atoms with Crippen molar-refractivity contribution in [1.29, 1.82) is 0 Å². The van der Waals surface area contributed by atoms with Crippen LogP contribution in [0.1, 0.15) is 16.1 Å². The predicted octanol–water partition coefficient (Wildman–Crippen LogP) is 2.58. The molecule has 0 radical (unpaired) electrons. The summed E-state index contributed by atoms with van der Waals surface area (Å²) in [6.07, 6.45) is 0. The van der Waals surface area contributed by atoms with Crippen molar-refractivity contribution in [1.82, 2.24) is 20.4 Å². The zero-order chi connectivity index (χ0) is 18.1. The maximum atomic E-state index is 13.8. The van der Waals surface area contributed by atoms with Crippen molar-refractivity contribution in [2.24, 2.45) is 0 Å².